The fourth-order valence-electron chi connectivity index (χ4n) is 12.1. The van der Waals surface area contributed by atoms with E-state index in [2.05, 4.69) is 52.0 Å². The Morgan fingerprint density at radius 1 is 0.280 bits per heavy atom. The molecular formula is C81H154O17P2. The van der Waals surface area contributed by atoms with Gasteiger partial charge in [0.2, 0.25) is 0 Å². The number of aliphatic hydroxyl groups excluding tert-OH is 1. The van der Waals surface area contributed by atoms with Crippen molar-refractivity contribution in [1.29, 1.82) is 0 Å². The maximum Gasteiger partial charge on any atom is 0.472 e. The molecule has 0 aliphatic heterocycles. The number of allylic oxidation sites excluding steroid dienone is 4. The number of carbonyl (C=O) groups is 4. The average Bonchev–Trinajstić information content (AvgIpc) is 0.964. The van der Waals surface area contributed by atoms with E-state index in [1.165, 1.54) is 225 Å². The van der Waals surface area contributed by atoms with Crippen molar-refractivity contribution in [3.63, 3.8) is 0 Å². The average molecular weight is 1460 g/mol. The first kappa shape index (κ1) is 97.5. The molecule has 0 aliphatic rings. The van der Waals surface area contributed by atoms with E-state index >= 15 is 0 Å². The highest BCUT2D eigenvalue weighted by atomic mass is 31.2. The van der Waals surface area contributed by atoms with Crippen LogP contribution in [0.5, 0.6) is 0 Å². The zero-order chi connectivity index (χ0) is 73.2. The van der Waals surface area contributed by atoms with Crippen LogP contribution in [0.1, 0.15) is 413 Å². The highest BCUT2D eigenvalue weighted by Gasteiger charge is 2.30. The van der Waals surface area contributed by atoms with Gasteiger partial charge in [0.15, 0.2) is 12.2 Å². The first-order valence-electron chi connectivity index (χ1n) is 41.6. The number of carbonyl (C=O) groups excluding carboxylic acids is 4. The number of aliphatic hydroxyl groups is 1. The lowest BCUT2D eigenvalue weighted by molar-refractivity contribution is -0.161. The largest absolute Gasteiger partial charge is 0.472 e. The highest BCUT2D eigenvalue weighted by Crippen LogP contribution is 2.45. The molecule has 0 saturated heterocycles. The smallest absolute Gasteiger partial charge is 0.462 e. The van der Waals surface area contributed by atoms with E-state index in [4.69, 9.17) is 37.0 Å². The van der Waals surface area contributed by atoms with Gasteiger partial charge in [0.25, 0.3) is 0 Å². The molecule has 0 rings (SSSR count). The van der Waals surface area contributed by atoms with Crippen LogP contribution in [0.15, 0.2) is 24.3 Å². The van der Waals surface area contributed by atoms with Crippen molar-refractivity contribution in [3.8, 4) is 0 Å². The van der Waals surface area contributed by atoms with Crippen molar-refractivity contribution >= 4 is 39.5 Å². The minimum atomic E-state index is -4.97. The first-order chi connectivity index (χ1) is 48.7. The van der Waals surface area contributed by atoms with Crippen molar-refractivity contribution in [2.45, 2.75) is 431 Å². The molecule has 3 N–H and O–H groups in total. The van der Waals surface area contributed by atoms with Gasteiger partial charge in [0.1, 0.15) is 19.3 Å². The Kier molecular flexibility index (Phi) is 73.0. The second-order valence-corrected chi connectivity index (χ2v) is 31.4. The molecule has 0 amide bonds. The Bertz CT molecular complexity index is 1990. The van der Waals surface area contributed by atoms with Crippen molar-refractivity contribution in [3.05, 3.63) is 24.3 Å². The van der Waals surface area contributed by atoms with E-state index in [9.17, 15) is 43.2 Å². The monoisotopic (exact) mass is 1460 g/mol. The lowest BCUT2D eigenvalue weighted by Crippen LogP contribution is -2.30. The Labute approximate surface area is 612 Å². The number of rotatable bonds is 80. The molecule has 0 aromatic rings. The van der Waals surface area contributed by atoms with Gasteiger partial charge < -0.3 is 33.8 Å². The van der Waals surface area contributed by atoms with E-state index in [-0.39, 0.29) is 25.7 Å². The number of hydrogen-bond donors (Lipinski definition) is 3. The second kappa shape index (κ2) is 74.8. The minimum absolute atomic E-state index is 0.102. The van der Waals surface area contributed by atoms with Crippen LogP contribution in [0.25, 0.3) is 0 Å². The van der Waals surface area contributed by atoms with E-state index < -0.39 is 97.5 Å². The topological polar surface area (TPSA) is 237 Å². The summed E-state index contributed by atoms with van der Waals surface area (Å²) < 4.78 is 68.7. The maximum atomic E-state index is 13.1. The van der Waals surface area contributed by atoms with E-state index in [1.807, 2.05) is 0 Å². The summed E-state index contributed by atoms with van der Waals surface area (Å²) in [6.07, 6.45) is 70.1. The van der Waals surface area contributed by atoms with Crippen LogP contribution < -0.4 is 0 Å². The van der Waals surface area contributed by atoms with Crippen LogP contribution in [0, 0.1) is 0 Å². The van der Waals surface area contributed by atoms with Gasteiger partial charge in [0, 0.05) is 25.7 Å². The van der Waals surface area contributed by atoms with Gasteiger partial charge in [-0.05, 0) is 51.4 Å². The van der Waals surface area contributed by atoms with Gasteiger partial charge in [-0.15, -0.1) is 0 Å². The van der Waals surface area contributed by atoms with Gasteiger partial charge >= 0.3 is 39.5 Å². The molecule has 590 valence electrons. The third kappa shape index (κ3) is 73.8. The summed E-state index contributed by atoms with van der Waals surface area (Å²) in [4.78, 5) is 73.0. The zero-order valence-corrected chi connectivity index (χ0v) is 66.5. The molecule has 100 heavy (non-hydrogen) atoms. The van der Waals surface area contributed by atoms with Crippen molar-refractivity contribution in [2.75, 3.05) is 39.6 Å². The van der Waals surface area contributed by atoms with Crippen LogP contribution in [-0.4, -0.2) is 96.7 Å². The molecule has 19 heteroatoms. The Morgan fingerprint density at radius 3 is 0.730 bits per heavy atom. The van der Waals surface area contributed by atoms with Gasteiger partial charge in [-0.2, -0.15) is 0 Å². The summed E-state index contributed by atoms with van der Waals surface area (Å²) in [5, 5.41) is 10.6. The van der Waals surface area contributed by atoms with Crippen LogP contribution >= 0.6 is 15.6 Å². The summed E-state index contributed by atoms with van der Waals surface area (Å²) in [7, 11) is -9.93. The van der Waals surface area contributed by atoms with Crippen molar-refractivity contribution in [2.24, 2.45) is 0 Å². The summed E-state index contributed by atoms with van der Waals surface area (Å²) in [5.41, 5.74) is 0. The summed E-state index contributed by atoms with van der Waals surface area (Å²) in [5.74, 6) is -2.14. The molecule has 0 aliphatic carbocycles. The lowest BCUT2D eigenvalue weighted by atomic mass is 10.0. The summed E-state index contributed by atoms with van der Waals surface area (Å²) in [6.45, 7) is 4.95. The van der Waals surface area contributed by atoms with Crippen LogP contribution in [0.2, 0.25) is 0 Å². The molecule has 0 aromatic carbocycles. The number of unbranched alkanes of at least 4 members (excludes halogenated alkanes) is 51. The second-order valence-electron chi connectivity index (χ2n) is 28.5. The van der Waals surface area contributed by atoms with Gasteiger partial charge in [0.05, 0.1) is 26.4 Å². The molecule has 17 nitrogen and oxygen atoms in total. The molecule has 0 aromatic heterocycles. The molecule has 0 fully saturated rings. The van der Waals surface area contributed by atoms with Gasteiger partial charge in [-0.25, -0.2) is 9.13 Å². The number of esters is 4. The van der Waals surface area contributed by atoms with E-state index in [1.54, 1.807) is 0 Å². The molecule has 0 bridgehead atoms. The summed E-state index contributed by atoms with van der Waals surface area (Å²) >= 11 is 0. The highest BCUT2D eigenvalue weighted by molar-refractivity contribution is 7.47. The Morgan fingerprint density at radius 2 is 0.480 bits per heavy atom. The third-order valence-corrected chi connectivity index (χ3v) is 20.4. The standard InChI is InChI=1S/C81H154O17P2/c1-5-9-13-17-21-25-29-32-35-36-37-38-39-42-45-48-52-56-60-64-68-81(86)98-77(72-92-79(84)66-62-58-54-50-46-43-40-33-30-26-22-18-14-10-6-2)74-96-100(89,90)94-70-75(82)69-93-99(87,88)95-73-76(71-91-78(83)65-61-57-53-49-28-24-20-16-12-8-4)97-80(85)67-63-59-55-51-47-44-41-34-31-27-23-19-15-11-7-3/h26,30,33,40,75-77,82H,5-25,27-29,31-32,34-39,41-74H2,1-4H3,(H,87,88)(H,89,90)/b30-26-,40-33-/t75-,76+,77+/m0/s1. The number of phosphoric ester groups is 2. The minimum Gasteiger partial charge on any atom is -0.462 e. The van der Waals surface area contributed by atoms with Crippen molar-refractivity contribution < 1.29 is 80.2 Å². The van der Waals surface area contributed by atoms with Gasteiger partial charge in [-0.1, -0.05) is 360 Å². The maximum absolute atomic E-state index is 13.1. The van der Waals surface area contributed by atoms with Crippen LogP contribution in [0.3, 0.4) is 0 Å². The van der Waals surface area contributed by atoms with E-state index in [0.29, 0.717) is 25.7 Å². The number of hydrogen-bond acceptors (Lipinski definition) is 15. The quantitative estimate of drug-likeness (QED) is 0.0169. The zero-order valence-electron chi connectivity index (χ0n) is 64.7. The molecule has 0 heterocycles. The fourth-order valence-corrected chi connectivity index (χ4v) is 13.7. The number of phosphoric acid groups is 2. The molecule has 0 saturated carbocycles. The van der Waals surface area contributed by atoms with E-state index in [0.717, 1.165) is 109 Å². The normalized spacial score (nSPS) is 13.9. The van der Waals surface area contributed by atoms with Crippen LogP contribution in [0.4, 0.5) is 0 Å². The van der Waals surface area contributed by atoms with Crippen LogP contribution in [-0.2, 0) is 65.4 Å². The molecule has 5 atom stereocenters. The molecular weight excluding hydrogens is 1310 g/mol. The number of ether oxygens (including phenoxy) is 4. The SMILES string of the molecule is CCCCCC/C=C\C=C/CCCCCCCC(=O)OC[C@H](COP(=O)(O)OC[C@@H](O)COP(=O)(O)OC[C@@H](COC(=O)CCCCCCCCCCCC)OC(=O)CCCCCCCCCCCCCCCCC)OC(=O)CCCCCCCCCCCCCCCCCCCCCC. The van der Waals surface area contributed by atoms with Crippen molar-refractivity contribution in [1.82, 2.24) is 0 Å². The molecule has 0 spiro atoms. The Hall–Kier alpha value is -2.46. The first-order valence-corrected chi connectivity index (χ1v) is 44.6. The lowest BCUT2D eigenvalue weighted by Gasteiger charge is -2.21. The molecule has 2 unspecified atom stereocenters. The molecule has 0 radical (unpaired) electrons. The predicted molar refractivity (Wildman–Crippen MR) is 409 cm³/mol. The third-order valence-electron chi connectivity index (χ3n) is 18.5. The Balaban J connectivity index is 5.25. The predicted octanol–water partition coefficient (Wildman–Crippen LogP) is 24.1. The fraction of sp³-hybridized carbons (Fsp3) is 0.901. The van der Waals surface area contributed by atoms with Gasteiger partial charge in [-0.3, -0.25) is 37.3 Å². The summed E-state index contributed by atoms with van der Waals surface area (Å²) in [6, 6.07) is 0.